The van der Waals surface area contributed by atoms with Gasteiger partial charge in [0.25, 0.3) is 0 Å². The van der Waals surface area contributed by atoms with Crippen molar-refractivity contribution < 1.29 is 0 Å². The molecule has 1 nitrogen and oxygen atoms in total. The van der Waals surface area contributed by atoms with E-state index in [1.165, 1.54) is 10.5 Å². The Balaban J connectivity index is 2.41. The molecule has 102 valence electrons. The molecule has 0 amide bonds. The van der Waals surface area contributed by atoms with Gasteiger partial charge in [-0.05, 0) is 43.9 Å². The number of rotatable bonds is 4. The van der Waals surface area contributed by atoms with Crippen LogP contribution < -0.4 is 5.32 Å². The van der Waals surface area contributed by atoms with Crippen molar-refractivity contribution in [3.05, 3.63) is 29.8 Å². The summed E-state index contributed by atoms with van der Waals surface area (Å²) in [6.07, 6.45) is 0. The van der Waals surface area contributed by atoms with E-state index in [0.29, 0.717) is 0 Å². The second kappa shape index (κ2) is 6.12. The third kappa shape index (κ3) is 5.92. The molecule has 0 atom stereocenters. The monoisotopic (exact) mass is 265 g/mol. The SMILES string of the molecule is CC(C)(C)NCCSc1ccc(C(C)(C)C)cc1. The first-order valence-electron chi connectivity index (χ1n) is 6.67. The van der Waals surface area contributed by atoms with Gasteiger partial charge in [-0.3, -0.25) is 0 Å². The fraction of sp³-hybridized carbons (Fsp3) is 0.625. The molecule has 0 saturated heterocycles. The van der Waals surface area contributed by atoms with Crippen molar-refractivity contribution in [2.75, 3.05) is 12.3 Å². The molecule has 0 bridgehead atoms. The van der Waals surface area contributed by atoms with Gasteiger partial charge in [-0.15, -0.1) is 11.8 Å². The zero-order valence-electron chi connectivity index (χ0n) is 12.6. The van der Waals surface area contributed by atoms with E-state index in [-0.39, 0.29) is 11.0 Å². The van der Waals surface area contributed by atoms with Crippen molar-refractivity contribution in [2.24, 2.45) is 0 Å². The average Bonchev–Trinajstić information content (AvgIpc) is 2.22. The number of hydrogen-bond acceptors (Lipinski definition) is 2. The van der Waals surface area contributed by atoms with Crippen LogP contribution >= 0.6 is 11.8 Å². The second-order valence-electron chi connectivity index (χ2n) is 6.80. The van der Waals surface area contributed by atoms with Crippen LogP contribution in [0, 0.1) is 0 Å². The summed E-state index contributed by atoms with van der Waals surface area (Å²) in [6.45, 7) is 14.4. The number of thioether (sulfide) groups is 1. The van der Waals surface area contributed by atoms with E-state index in [4.69, 9.17) is 0 Å². The molecule has 2 heteroatoms. The summed E-state index contributed by atoms with van der Waals surface area (Å²) in [5.41, 5.74) is 1.87. The fourth-order valence-electron chi connectivity index (χ4n) is 1.65. The highest BCUT2D eigenvalue weighted by atomic mass is 32.2. The maximum atomic E-state index is 3.51. The van der Waals surface area contributed by atoms with E-state index in [0.717, 1.165) is 12.3 Å². The Labute approximate surface area is 117 Å². The largest absolute Gasteiger partial charge is 0.311 e. The van der Waals surface area contributed by atoms with Gasteiger partial charge < -0.3 is 5.32 Å². The van der Waals surface area contributed by atoms with Gasteiger partial charge in [-0.2, -0.15) is 0 Å². The fourth-order valence-corrected chi connectivity index (χ4v) is 2.41. The van der Waals surface area contributed by atoms with Gasteiger partial charge in [-0.1, -0.05) is 32.9 Å². The molecule has 0 aliphatic rings. The number of hydrogen-bond donors (Lipinski definition) is 1. The molecule has 0 aromatic heterocycles. The second-order valence-corrected chi connectivity index (χ2v) is 7.97. The molecule has 0 heterocycles. The van der Waals surface area contributed by atoms with Crippen LogP contribution in [-0.4, -0.2) is 17.8 Å². The van der Waals surface area contributed by atoms with Crippen molar-refractivity contribution in [3.63, 3.8) is 0 Å². The van der Waals surface area contributed by atoms with Crippen LogP contribution in [-0.2, 0) is 5.41 Å². The van der Waals surface area contributed by atoms with Crippen molar-refractivity contribution in [1.82, 2.24) is 5.32 Å². The van der Waals surface area contributed by atoms with Crippen molar-refractivity contribution in [1.29, 1.82) is 0 Å². The molecule has 0 spiro atoms. The van der Waals surface area contributed by atoms with Crippen LogP contribution in [0.5, 0.6) is 0 Å². The first kappa shape index (κ1) is 15.6. The Morgan fingerprint density at radius 3 is 1.94 bits per heavy atom. The van der Waals surface area contributed by atoms with E-state index in [2.05, 4.69) is 71.1 Å². The van der Waals surface area contributed by atoms with Gasteiger partial charge in [-0.25, -0.2) is 0 Å². The first-order valence-corrected chi connectivity index (χ1v) is 7.65. The predicted octanol–water partition coefficient (Wildman–Crippen LogP) is 4.46. The van der Waals surface area contributed by atoms with E-state index in [1.807, 2.05) is 11.8 Å². The summed E-state index contributed by atoms with van der Waals surface area (Å²) in [5.74, 6) is 1.12. The third-order valence-corrected chi connectivity index (χ3v) is 3.76. The molecule has 1 N–H and O–H groups in total. The molecule has 0 radical (unpaired) electrons. The lowest BCUT2D eigenvalue weighted by Gasteiger charge is -2.20. The maximum absolute atomic E-state index is 3.51. The smallest absolute Gasteiger partial charge is 0.0106 e. The topological polar surface area (TPSA) is 12.0 Å². The van der Waals surface area contributed by atoms with Crippen LogP contribution in [0.25, 0.3) is 0 Å². The molecule has 0 saturated carbocycles. The van der Waals surface area contributed by atoms with Crippen LogP contribution in [0.1, 0.15) is 47.1 Å². The Kier molecular flexibility index (Phi) is 5.30. The Hall–Kier alpha value is -0.470. The van der Waals surface area contributed by atoms with Crippen LogP contribution in [0.3, 0.4) is 0 Å². The summed E-state index contributed by atoms with van der Waals surface area (Å²) in [5, 5.41) is 3.51. The van der Waals surface area contributed by atoms with Crippen LogP contribution in [0.4, 0.5) is 0 Å². The van der Waals surface area contributed by atoms with Crippen LogP contribution in [0.15, 0.2) is 29.2 Å². The summed E-state index contributed by atoms with van der Waals surface area (Å²) in [4.78, 5) is 1.36. The molecule has 0 fully saturated rings. The molecule has 1 aromatic rings. The molecule has 0 aliphatic carbocycles. The standard InChI is InChI=1S/C16H27NS/c1-15(2,3)13-7-9-14(10-8-13)18-12-11-17-16(4,5)6/h7-10,17H,11-12H2,1-6H3. The summed E-state index contributed by atoms with van der Waals surface area (Å²) in [6, 6.07) is 8.98. The molecule has 0 aliphatic heterocycles. The van der Waals surface area contributed by atoms with Gasteiger partial charge in [0.05, 0.1) is 0 Å². The van der Waals surface area contributed by atoms with Gasteiger partial charge in [0.15, 0.2) is 0 Å². The average molecular weight is 265 g/mol. The van der Waals surface area contributed by atoms with Crippen molar-refractivity contribution in [3.8, 4) is 0 Å². The highest BCUT2D eigenvalue weighted by molar-refractivity contribution is 7.99. The van der Waals surface area contributed by atoms with E-state index >= 15 is 0 Å². The Morgan fingerprint density at radius 1 is 0.944 bits per heavy atom. The number of benzene rings is 1. The molecule has 1 rings (SSSR count). The highest BCUT2D eigenvalue weighted by Gasteiger charge is 2.12. The number of nitrogens with one attached hydrogen (secondary N) is 1. The van der Waals surface area contributed by atoms with Gasteiger partial charge in [0.1, 0.15) is 0 Å². The first-order chi connectivity index (χ1) is 8.18. The predicted molar refractivity (Wildman–Crippen MR) is 83.6 cm³/mol. The van der Waals surface area contributed by atoms with E-state index in [1.54, 1.807) is 0 Å². The molecule has 18 heavy (non-hydrogen) atoms. The summed E-state index contributed by atoms with van der Waals surface area (Å²) < 4.78 is 0. The quantitative estimate of drug-likeness (QED) is 0.637. The maximum Gasteiger partial charge on any atom is 0.0106 e. The zero-order valence-corrected chi connectivity index (χ0v) is 13.4. The van der Waals surface area contributed by atoms with Gasteiger partial charge in [0, 0.05) is 22.7 Å². The van der Waals surface area contributed by atoms with E-state index in [9.17, 15) is 0 Å². The summed E-state index contributed by atoms with van der Waals surface area (Å²) >= 11 is 1.92. The van der Waals surface area contributed by atoms with Crippen LogP contribution in [0.2, 0.25) is 0 Å². The third-order valence-electron chi connectivity index (χ3n) is 2.75. The molecule has 0 unspecified atom stereocenters. The minimum atomic E-state index is 0.219. The van der Waals surface area contributed by atoms with Crippen molar-refractivity contribution >= 4 is 11.8 Å². The van der Waals surface area contributed by atoms with E-state index < -0.39 is 0 Å². The Morgan fingerprint density at radius 2 is 1.50 bits per heavy atom. The van der Waals surface area contributed by atoms with Gasteiger partial charge in [0.2, 0.25) is 0 Å². The molecular weight excluding hydrogens is 238 g/mol. The van der Waals surface area contributed by atoms with Gasteiger partial charge >= 0.3 is 0 Å². The normalized spacial score (nSPS) is 12.8. The van der Waals surface area contributed by atoms with Crippen molar-refractivity contribution in [2.45, 2.75) is 57.4 Å². The lowest BCUT2D eigenvalue weighted by molar-refractivity contribution is 0.441. The summed E-state index contributed by atoms with van der Waals surface area (Å²) in [7, 11) is 0. The lowest BCUT2D eigenvalue weighted by Crippen LogP contribution is -2.37. The highest BCUT2D eigenvalue weighted by Crippen LogP contribution is 2.25. The minimum absolute atomic E-state index is 0.219. The zero-order chi connectivity index (χ0) is 13.8. The Bertz CT molecular complexity index is 354. The molecular formula is C16H27NS. The molecule has 1 aromatic carbocycles. The minimum Gasteiger partial charge on any atom is -0.311 e. The lowest BCUT2D eigenvalue weighted by atomic mass is 9.87.